The molecule has 1 aliphatic heterocycles. The molecule has 0 saturated heterocycles. The van der Waals surface area contributed by atoms with Crippen molar-refractivity contribution in [2.45, 2.75) is 29.3 Å². The van der Waals surface area contributed by atoms with Crippen molar-refractivity contribution in [1.29, 1.82) is 0 Å². The van der Waals surface area contributed by atoms with Crippen LogP contribution in [0.15, 0.2) is 28.5 Å². The van der Waals surface area contributed by atoms with Gasteiger partial charge in [0.25, 0.3) is 5.91 Å². The summed E-state index contributed by atoms with van der Waals surface area (Å²) >= 11 is 0.876. The van der Waals surface area contributed by atoms with Crippen LogP contribution in [0.25, 0.3) is 0 Å². The first-order valence-corrected chi connectivity index (χ1v) is 10.1. The number of ketones is 1. The van der Waals surface area contributed by atoms with Crippen LogP contribution < -0.4 is 5.32 Å². The average molecular weight is 437 g/mol. The van der Waals surface area contributed by atoms with Crippen molar-refractivity contribution in [1.82, 2.24) is 0 Å². The van der Waals surface area contributed by atoms with Gasteiger partial charge in [0.05, 0.1) is 21.9 Å². The van der Waals surface area contributed by atoms with E-state index >= 15 is 0 Å². The van der Waals surface area contributed by atoms with Crippen molar-refractivity contribution < 1.29 is 40.7 Å². The molecule has 3 rings (SSSR count). The van der Waals surface area contributed by atoms with Gasteiger partial charge in [-0.25, -0.2) is 12.8 Å². The van der Waals surface area contributed by atoms with Crippen molar-refractivity contribution in [3.05, 3.63) is 45.4 Å². The van der Waals surface area contributed by atoms with Crippen LogP contribution in [-0.4, -0.2) is 37.0 Å². The first-order chi connectivity index (χ1) is 12.8. The normalized spacial score (nSPS) is 17.9. The molecule has 1 aromatic heterocycles. The fourth-order valence-electron chi connectivity index (χ4n) is 2.60. The highest BCUT2D eigenvalue weighted by atomic mass is 32.2. The maximum Gasteiger partial charge on any atom is 0.426 e. The summed E-state index contributed by atoms with van der Waals surface area (Å²) in [4.78, 5) is 23.7. The van der Waals surface area contributed by atoms with E-state index < -0.39 is 61.0 Å². The molecule has 2 heterocycles. The summed E-state index contributed by atoms with van der Waals surface area (Å²) in [6.45, 7) is 0.195. The fraction of sp³-hybridized carbons (Fsp3) is 0.250. The Bertz CT molecular complexity index is 1100. The Labute approximate surface area is 159 Å². The molecule has 0 radical (unpaired) electrons. The third kappa shape index (κ3) is 3.10. The number of benzene rings is 1. The van der Waals surface area contributed by atoms with E-state index in [4.69, 9.17) is 0 Å². The minimum atomic E-state index is -5.34. The van der Waals surface area contributed by atoms with Crippen molar-refractivity contribution >= 4 is 38.6 Å². The molecule has 0 aliphatic carbocycles. The molecule has 0 spiro atoms. The molecule has 2 aromatic rings. The van der Waals surface area contributed by atoms with E-state index in [2.05, 4.69) is 0 Å². The minimum Gasteiger partial charge on any atom is -0.373 e. The predicted octanol–water partition coefficient (Wildman–Crippen LogP) is 2.66. The summed E-state index contributed by atoms with van der Waals surface area (Å²) in [7, 11) is -4.37. The summed E-state index contributed by atoms with van der Waals surface area (Å²) < 4.78 is 78.1. The molecule has 1 aromatic carbocycles. The number of thiophene rings is 1. The second-order valence-electron chi connectivity index (χ2n) is 6.19. The highest BCUT2D eigenvalue weighted by Crippen LogP contribution is 2.38. The summed E-state index contributed by atoms with van der Waals surface area (Å²) in [5.74, 6) is -4.87. The lowest BCUT2D eigenvalue weighted by atomic mass is 10.0. The number of anilines is 1. The van der Waals surface area contributed by atoms with Gasteiger partial charge in [0.2, 0.25) is 11.4 Å². The Morgan fingerprint density at radius 1 is 1.25 bits per heavy atom. The minimum absolute atomic E-state index is 0.0361. The molecule has 1 atom stereocenters. The van der Waals surface area contributed by atoms with Gasteiger partial charge in [-0.15, -0.1) is 11.3 Å². The molecule has 0 saturated carbocycles. The number of alkyl halides is 3. The molecule has 0 fully saturated rings. The number of hydrogen-bond donors (Lipinski definition) is 2. The molecular weight excluding hydrogens is 426 g/mol. The number of aliphatic hydroxyl groups is 1. The zero-order valence-corrected chi connectivity index (χ0v) is 15.6. The van der Waals surface area contributed by atoms with Gasteiger partial charge in [-0.3, -0.25) is 9.59 Å². The smallest absolute Gasteiger partial charge is 0.373 e. The maximum absolute atomic E-state index is 14.3. The number of carbonyl (C=O) groups excluding carboxylic acids is 2. The van der Waals surface area contributed by atoms with Gasteiger partial charge in [0.15, 0.2) is 9.84 Å². The van der Waals surface area contributed by atoms with Gasteiger partial charge in [0, 0.05) is 0 Å². The Morgan fingerprint density at radius 3 is 2.50 bits per heavy atom. The van der Waals surface area contributed by atoms with E-state index in [1.165, 1.54) is 11.4 Å². The molecule has 2 N–H and O–H groups in total. The standard InChI is InChI=1S/C16H11F4NO5S2/c1-15(24,16(18,19)20)14(23)21-9-3-2-8(17)13-10(9)11(22)12-7(4-5-27-12)6-28(13,25)26/h2-5,24H,6H2,1H3,(H,21,23). The number of halogens is 4. The number of carbonyl (C=O) groups is 2. The molecule has 1 aliphatic rings. The summed E-state index contributed by atoms with van der Waals surface area (Å²) in [5.41, 5.74) is -5.15. The Hall–Kier alpha value is -2.31. The number of rotatable bonds is 2. The van der Waals surface area contributed by atoms with Crippen LogP contribution in [0.5, 0.6) is 0 Å². The van der Waals surface area contributed by atoms with E-state index in [0.717, 1.165) is 17.4 Å². The Kier molecular flexibility index (Phi) is 4.64. The zero-order chi connectivity index (χ0) is 21.1. The predicted molar refractivity (Wildman–Crippen MR) is 90.3 cm³/mol. The zero-order valence-electron chi connectivity index (χ0n) is 13.9. The quantitative estimate of drug-likeness (QED) is 0.704. The van der Waals surface area contributed by atoms with Gasteiger partial charge in [-0.05, 0) is 36.1 Å². The molecule has 150 valence electrons. The van der Waals surface area contributed by atoms with Gasteiger partial charge in [0.1, 0.15) is 10.7 Å². The topological polar surface area (TPSA) is 101 Å². The largest absolute Gasteiger partial charge is 0.426 e. The highest BCUT2D eigenvalue weighted by Gasteiger charge is 2.56. The average Bonchev–Trinajstić information content (AvgIpc) is 2.98. The molecular formula is C16H11F4NO5S2. The van der Waals surface area contributed by atoms with Crippen LogP contribution in [-0.2, 0) is 20.4 Å². The summed E-state index contributed by atoms with van der Waals surface area (Å²) in [5, 5.41) is 12.6. The lowest BCUT2D eigenvalue weighted by Crippen LogP contribution is -2.52. The van der Waals surface area contributed by atoms with E-state index in [1.54, 1.807) is 5.32 Å². The van der Waals surface area contributed by atoms with Crippen LogP contribution >= 0.6 is 11.3 Å². The van der Waals surface area contributed by atoms with Gasteiger partial charge in [-0.1, -0.05) is 0 Å². The number of hydrogen-bond acceptors (Lipinski definition) is 6. The third-order valence-electron chi connectivity index (χ3n) is 4.19. The second kappa shape index (κ2) is 6.36. The lowest BCUT2D eigenvalue weighted by Gasteiger charge is -2.25. The number of amides is 1. The monoisotopic (exact) mass is 437 g/mol. The summed E-state index contributed by atoms with van der Waals surface area (Å²) in [6, 6.07) is 2.75. The van der Waals surface area contributed by atoms with Crippen molar-refractivity contribution in [2.75, 3.05) is 5.32 Å². The van der Waals surface area contributed by atoms with E-state index in [0.29, 0.717) is 6.07 Å². The Morgan fingerprint density at radius 2 is 1.89 bits per heavy atom. The van der Waals surface area contributed by atoms with Crippen LogP contribution in [0.2, 0.25) is 0 Å². The number of nitrogens with one attached hydrogen (secondary N) is 1. The molecule has 12 heteroatoms. The van der Waals surface area contributed by atoms with E-state index in [-0.39, 0.29) is 17.4 Å². The first-order valence-electron chi connectivity index (χ1n) is 7.54. The van der Waals surface area contributed by atoms with E-state index in [1.807, 2.05) is 0 Å². The summed E-state index contributed by atoms with van der Waals surface area (Å²) in [6.07, 6.45) is -5.34. The molecule has 1 unspecified atom stereocenters. The van der Waals surface area contributed by atoms with Crippen LogP contribution in [0.4, 0.5) is 23.2 Å². The van der Waals surface area contributed by atoms with Crippen molar-refractivity contribution in [2.24, 2.45) is 0 Å². The van der Waals surface area contributed by atoms with Crippen molar-refractivity contribution in [3.8, 4) is 0 Å². The van der Waals surface area contributed by atoms with E-state index in [9.17, 15) is 40.7 Å². The SMILES string of the molecule is CC(O)(C(=O)Nc1ccc(F)c2c1C(=O)c1sccc1CS2(=O)=O)C(F)(F)F. The third-order valence-corrected chi connectivity index (χ3v) is 6.86. The van der Waals surface area contributed by atoms with Gasteiger partial charge >= 0.3 is 6.18 Å². The highest BCUT2D eigenvalue weighted by molar-refractivity contribution is 7.90. The van der Waals surface area contributed by atoms with Crippen LogP contribution in [0.3, 0.4) is 0 Å². The van der Waals surface area contributed by atoms with Gasteiger partial charge < -0.3 is 10.4 Å². The van der Waals surface area contributed by atoms with Crippen LogP contribution in [0, 0.1) is 5.82 Å². The molecule has 0 bridgehead atoms. The van der Waals surface area contributed by atoms with Gasteiger partial charge in [-0.2, -0.15) is 13.2 Å². The lowest BCUT2D eigenvalue weighted by molar-refractivity contribution is -0.242. The van der Waals surface area contributed by atoms with Crippen molar-refractivity contribution in [3.63, 3.8) is 0 Å². The molecule has 6 nitrogen and oxygen atoms in total. The Balaban J connectivity index is 2.21. The second-order valence-corrected chi connectivity index (χ2v) is 9.03. The fourth-order valence-corrected chi connectivity index (χ4v) is 5.24. The number of sulfone groups is 1. The number of fused-ring (bicyclic) bond motifs is 2. The molecule has 28 heavy (non-hydrogen) atoms. The first kappa shape index (κ1) is 20.4. The molecule has 1 amide bonds. The maximum atomic E-state index is 14.3. The van der Waals surface area contributed by atoms with Crippen LogP contribution in [0.1, 0.15) is 27.7 Å².